The maximum atomic E-state index is 10.8. The van der Waals surface area contributed by atoms with Gasteiger partial charge in [0.1, 0.15) is 0 Å². The van der Waals surface area contributed by atoms with Crippen molar-refractivity contribution in [1.29, 1.82) is 0 Å². The van der Waals surface area contributed by atoms with E-state index in [1.54, 1.807) is 6.92 Å². The molecule has 0 unspecified atom stereocenters. The summed E-state index contributed by atoms with van der Waals surface area (Å²) in [5, 5.41) is 15.8. The number of aliphatic hydroxyl groups excluding tert-OH is 1. The van der Waals surface area contributed by atoms with Crippen molar-refractivity contribution < 1.29 is 24.6 Å². The van der Waals surface area contributed by atoms with Crippen molar-refractivity contribution in [3.63, 3.8) is 0 Å². The molecule has 84 valence electrons. The lowest BCUT2D eigenvalue weighted by molar-refractivity contribution is -0.140. The van der Waals surface area contributed by atoms with Crippen LogP contribution in [0.4, 0.5) is 0 Å². The molecule has 1 aliphatic heterocycles. The number of carbonyl (C=O) groups excluding carboxylic acids is 2. The van der Waals surface area contributed by atoms with Gasteiger partial charge in [0.05, 0.1) is 6.42 Å². The van der Waals surface area contributed by atoms with Crippen LogP contribution in [0, 0.1) is 0 Å². The van der Waals surface area contributed by atoms with Gasteiger partial charge in [0.2, 0.25) is 0 Å². The summed E-state index contributed by atoms with van der Waals surface area (Å²) in [6.07, 6.45) is 2.05. The molecule has 0 saturated carbocycles. The van der Waals surface area contributed by atoms with Gasteiger partial charge in [-0.15, -0.1) is 0 Å². The van der Waals surface area contributed by atoms with Gasteiger partial charge in [-0.2, -0.15) is 0 Å². The highest BCUT2D eigenvalue weighted by Crippen LogP contribution is 2.03. The number of amides is 2. The summed E-state index contributed by atoms with van der Waals surface area (Å²) in [5.74, 6) is -1.91. The lowest BCUT2D eigenvalue weighted by Gasteiger charge is -2.10. The number of rotatable bonds is 3. The van der Waals surface area contributed by atoms with E-state index in [4.69, 9.17) is 10.2 Å². The molecule has 0 aromatic rings. The standard InChI is InChI=1S/C7H7NO4.C2H6O/c9-5-1-2-6(10)8(5)4-3-7(11)12;1-2-3/h1-2H,3-4H2,(H,11,12);3H,2H2,1H3. The van der Waals surface area contributed by atoms with E-state index in [1.165, 1.54) is 0 Å². The smallest absolute Gasteiger partial charge is 0.305 e. The van der Waals surface area contributed by atoms with E-state index in [-0.39, 0.29) is 19.6 Å². The van der Waals surface area contributed by atoms with E-state index in [0.717, 1.165) is 17.1 Å². The molecule has 0 aromatic heterocycles. The zero-order valence-electron chi connectivity index (χ0n) is 8.34. The first kappa shape index (κ1) is 13.3. The molecular weight excluding hydrogens is 202 g/mol. The van der Waals surface area contributed by atoms with Gasteiger partial charge in [-0.05, 0) is 6.92 Å². The van der Waals surface area contributed by atoms with Crippen molar-refractivity contribution in [2.75, 3.05) is 13.2 Å². The lowest BCUT2D eigenvalue weighted by Crippen LogP contribution is -2.31. The van der Waals surface area contributed by atoms with Crippen molar-refractivity contribution in [3.05, 3.63) is 12.2 Å². The molecule has 0 atom stereocenters. The van der Waals surface area contributed by atoms with Crippen LogP contribution < -0.4 is 0 Å². The van der Waals surface area contributed by atoms with E-state index in [2.05, 4.69) is 0 Å². The molecule has 0 radical (unpaired) electrons. The Kier molecular flexibility index (Phi) is 5.96. The first-order valence-corrected chi connectivity index (χ1v) is 4.39. The summed E-state index contributed by atoms with van der Waals surface area (Å²) in [6, 6.07) is 0. The molecule has 2 amide bonds. The van der Waals surface area contributed by atoms with Gasteiger partial charge in [0.15, 0.2) is 0 Å². The number of hydrogen-bond donors (Lipinski definition) is 2. The lowest BCUT2D eigenvalue weighted by atomic mass is 10.4. The monoisotopic (exact) mass is 215 g/mol. The molecule has 1 heterocycles. The number of carboxylic acid groups (broad SMARTS) is 1. The van der Waals surface area contributed by atoms with Crippen LogP contribution in [0.15, 0.2) is 12.2 Å². The molecule has 0 spiro atoms. The third-order valence-corrected chi connectivity index (χ3v) is 1.45. The molecule has 0 aromatic carbocycles. The van der Waals surface area contributed by atoms with Crippen molar-refractivity contribution in [2.24, 2.45) is 0 Å². The first-order valence-electron chi connectivity index (χ1n) is 4.39. The normalized spacial score (nSPS) is 13.9. The Hall–Kier alpha value is -1.69. The van der Waals surface area contributed by atoms with Crippen molar-refractivity contribution in [1.82, 2.24) is 4.90 Å². The fourth-order valence-corrected chi connectivity index (χ4v) is 0.859. The molecule has 0 bridgehead atoms. The molecule has 1 aliphatic rings. The predicted molar refractivity (Wildman–Crippen MR) is 50.9 cm³/mol. The highest BCUT2D eigenvalue weighted by atomic mass is 16.4. The Morgan fingerprint density at radius 2 is 1.73 bits per heavy atom. The van der Waals surface area contributed by atoms with Gasteiger partial charge in [0, 0.05) is 25.3 Å². The van der Waals surface area contributed by atoms with Crippen molar-refractivity contribution in [3.8, 4) is 0 Å². The Labute approximate surface area is 86.8 Å². The fraction of sp³-hybridized carbons (Fsp3) is 0.444. The Morgan fingerprint density at radius 1 is 1.33 bits per heavy atom. The van der Waals surface area contributed by atoms with Gasteiger partial charge in [-0.25, -0.2) is 0 Å². The summed E-state index contributed by atoms with van der Waals surface area (Å²) < 4.78 is 0. The summed E-state index contributed by atoms with van der Waals surface area (Å²) in [6.45, 7) is 1.87. The Morgan fingerprint density at radius 3 is 2.07 bits per heavy atom. The molecule has 2 N–H and O–H groups in total. The van der Waals surface area contributed by atoms with Crippen LogP contribution in [0.25, 0.3) is 0 Å². The Balaban J connectivity index is 0.000000583. The van der Waals surface area contributed by atoms with Crippen LogP contribution in [0.5, 0.6) is 0 Å². The van der Waals surface area contributed by atoms with E-state index >= 15 is 0 Å². The third kappa shape index (κ3) is 4.92. The molecular formula is C9H13NO5. The second-order valence-corrected chi connectivity index (χ2v) is 2.62. The number of aliphatic hydroxyl groups is 1. The number of hydrogen-bond acceptors (Lipinski definition) is 4. The highest BCUT2D eigenvalue weighted by molar-refractivity contribution is 6.12. The largest absolute Gasteiger partial charge is 0.481 e. The van der Waals surface area contributed by atoms with E-state index in [1.807, 2.05) is 0 Å². The Bertz CT molecular complexity index is 266. The maximum Gasteiger partial charge on any atom is 0.305 e. The summed E-state index contributed by atoms with van der Waals surface area (Å²) in [7, 11) is 0. The molecule has 0 aliphatic carbocycles. The van der Waals surface area contributed by atoms with Crippen molar-refractivity contribution >= 4 is 17.8 Å². The molecule has 6 heteroatoms. The molecule has 6 nitrogen and oxygen atoms in total. The maximum absolute atomic E-state index is 10.8. The van der Waals surface area contributed by atoms with E-state index < -0.39 is 17.8 Å². The molecule has 1 rings (SSSR count). The predicted octanol–water partition coefficient (Wildman–Crippen LogP) is -0.615. The highest BCUT2D eigenvalue weighted by Gasteiger charge is 2.23. The van der Waals surface area contributed by atoms with E-state index in [0.29, 0.717) is 0 Å². The average molecular weight is 215 g/mol. The van der Waals surface area contributed by atoms with Crippen LogP contribution in [-0.4, -0.2) is 46.0 Å². The minimum Gasteiger partial charge on any atom is -0.481 e. The van der Waals surface area contributed by atoms with Crippen molar-refractivity contribution in [2.45, 2.75) is 13.3 Å². The van der Waals surface area contributed by atoms with Crippen LogP contribution in [-0.2, 0) is 14.4 Å². The minimum atomic E-state index is -1.03. The van der Waals surface area contributed by atoms with Gasteiger partial charge in [-0.1, -0.05) is 0 Å². The number of aliphatic carboxylic acids is 1. The second kappa shape index (κ2) is 6.72. The number of carboxylic acids is 1. The molecule has 0 fully saturated rings. The zero-order valence-corrected chi connectivity index (χ0v) is 8.34. The van der Waals surface area contributed by atoms with Gasteiger partial charge < -0.3 is 10.2 Å². The van der Waals surface area contributed by atoms with Gasteiger partial charge in [0.25, 0.3) is 11.8 Å². The summed E-state index contributed by atoms with van der Waals surface area (Å²) >= 11 is 0. The quantitative estimate of drug-likeness (QED) is 0.612. The summed E-state index contributed by atoms with van der Waals surface area (Å²) in [5.41, 5.74) is 0. The third-order valence-electron chi connectivity index (χ3n) is 1.45. The van der Waals surface area contributed by atoms with Gasteiger partial charge >= 0.3 is 5.97 Å². The van der Waals surface area contributed by atoms with Gasteiger partial charge in [-0.3, -0.25) is 19.3 Å². The van der Waals surface area contributed by atoms with Crippen LogP contribution in [0.1, 0.15) is 13.3 Å². The van der Waals surface area contributed by atoms with Crippen LogP contribution in [0.2, 0.25) is 0 Å². The number of carbonyl (C=O) groups is 3. The second-order valence-electron chi connectivity index (χ2n) is 2.62. The SMILES string of the molecule is CCO.O=C(O)CCN1C(=O)C=CC1=O. The average Bonchev–Trinajstić information content (AvgIpc) is 2.45. The minimum absolute atomic E-state index is 0.0556. The number of nitrogens with zero attached hydrogens (tertiary/aromatic N) is 1. The molecule has 0 saturated heterocycles. The van der Waals surface area contributed by atoms with Crippen LogP contribution >= 0.6 is 0 Å². The number of imide groups is 1. The summed E-state index contributed by atoms with van der Waals surface area (Å²) in [4.78, 5) is 32.6. The van der Waals surface area contributed by atoms with Crippen LogP contribution in [0.3, 0.4) is 0 Å². The van der Waals surface area contributed by atoms with E-state index in [9.17, 15) is 14.4 Å². The molecule has 15 heavy (non-hydrogen) atoms. The fourth-order valence-electron chi connectivity index (χ4n) is 0.859. The topological polar surface area (TPSA) is 94.9 Å². The first-order chi connectivity index (χ1) is 7.02. The zero-order chi connectivity index (χ0) is 11.8.